The molecule has 12 nitrogen and oxygen atoms in total. The molecular formula is C41H57N7O5. The molecule has 4 aliphatic rings. The van der Waals surface area contributed by atoms with Gasteiger partial charge in [0, 0.05) is 32.4 Å². The number of rotatable bonds is 15. The van der Waals surface area contributed by atoms with Crippen LogP contribution in [0, 0.1) is 11.8 Å². The normalized spacial score (nSPS) is 21.8. The quantitative estimate of drug-likeness (QED) is 0.142. The number of alkyl carbamates (subject to hydrolysis) is 1. The predicted octanol–water partition coefficient (Wildman–Crippen LogP) is 5.95. The van der Waals surface area contributed by atoms with Gasteiger partial charge in [-0.2, -0.15) is 0 Å². The number of amides is 3. The number of fused-ring (bicyclic) bond motifs is 2. The van der Waals surface area contributed by atoms with Gasteiger partial charge >= 0.3 is 6.09 Å². The molecule has 4 N–H and O–H groups in total. The number of carbonyl (C=O) groups is 3. The van der Waals surface area contributed by atoms with Gasteiger partial charge in [0.05, 0.1) is 44.2 Å². The van der Waals surface area contributed by atoms with Crippen LogP contribution in [0.4, 0.5) is 4.79 Å². The van der Waals surface area contributed by atoms with Crippen LogP contribution in [0.2, 0.25) is 0 Å². The molecular weight excluding hydrogens is 670 g/mol. The summed E-state index contributed by atoms with van der Waals surface area (Å²) in [5, 5.41) is 13.1. The summed E-state index contributed by atoms with van der Waals surface area (Å²) < 4.78 is 11.3. The molecule has 0 radical (unpaired) electrons. The van der Waals surface area contributed by atoms with Crippen molar-refractivity contribution in [1.29, 1.82) is 0 Å². The van der Waals surface area contributed by atoms with Crippen LogP contribution < -0.4 is 26.0 Å². The van der Waals surface area contributed by atoms with E-state index in [0.717, 1.165) is 96.8 Å². The molecule has 6 rings (SSSR count). The molecule has 3 amide bonds. The van der Waals surface area contributed by atoms with Gasteiger partial charge < -0.3 is 35.6 Å². The number of aliphatic imine (C=N–C) groups is 2. The van der Waals surface area contributed by atoms with E-state index in [1.54, 1.807) is 0 Å². The summed E-state index contributed by atoms with van der Waals surface area (Å²) in [6.45, 7) is 10.9. The molecule has 286 valence electrons. The van der Waals surface area contributed by atoms with Gasteiger partial charge in [-0.1, -0.05) is 58.7 Å². The monoisotopic (exact) mass is 727 g/mol. The third kappa shape index (κ3) is 9.13. The highest BCUT2D eigenvalue weighted by Gasteiger charge is 2.40. The van der Waals surface area contributed by atoms with E-state index in [4.69, 9.17) is 19.5 Å². The zero-order chi connectivity index (χ0) is 37.5. The first-order valence-corrected chi connectivity index (χ1v) is 19.6. The minimum Gasteiger partial charge on any atom is -0.457 e. The fourth-order valence-corrected chi connectivity index (χ4v) is 7.63. The number of unbranched alkanes of at least 4 members (excludes halogenated alkanes) is 1. The van der Waals surface area contributed by atoms with E-state index in [0.29, 0.717) is 38.5 Å². The van der Waals surface area contributed by atoms with Crippen LogP contribution in [-0.2, 0) is 20.7 Å². The largest absolute Gasteiger partial charge is 0.457 e. The number of benzene rings is 2. The lowest BCUT2D eigenvalue weighted by Gasteiger charge is -2.32. The number of ether oxygens (including phenoxy) is 2. The van der Waals surface area contributed by atoms with E-state index in [9.17, 15) is 14.4 Å². The van der Waals surface area contributed by atoms with Crippen molar-refractivity contribution in [3.05, 3.63) is 58.7 Å². The molecule has 2 unspecified atom stereocenters. The van der Waals surface area contributed by atoms with Gasteiger partial charge in [0.25, 0.3) is 0 Å². The molecule has 53 heavy (non-hydrogen) atoms. The first kappa shape index (κ1) is 38.1. The summed E-state index contributed by atoms with van der Waals surface area (Å²) in [6, 6.07) is 12.2. The summed E-state index contributed by atoms with van der Waals surface area (Å²) in [7, 11) is 1.31. The van der Waals surface area contributed by atoms with Gasteiger partial charge in [0.1, 0.15) is 23.4 Å². The second-order valence-corrected chi connectivity index (χ2v) is 15.1. The van der Waals surface area contributed by atoms with Crippen LogP contribution in [0.3, 0.4) is 0 Å². The van der Waals surface area contributed by atoms with E-state index >= 15 is 0 Å². The van der Waals surface area contributed by atoms with Gasteiger partial charge in [-0.05, 0) is 78.0 Å². The molecule has 6 atom stereocenters. The average molecular weight is 728 g/mol. The van der Waals surface area contributed by atoms with Crippen LogP contribution in [0.15, 0.2) is 46.4 Å². The topological polar surface area (TPSA) is 146 Å². The summed E-state index contributed by atoms with van der Waals surface area (Å²) in [4.78, 5) is 49.4. The molecule has 2 aromatic carbocycles. The van der Waals surface area contributed by atoms with Crippen LogP contribution in [0.25, 0.3) is 0 Å². The second-order valence-electron chi connectivity index (χ2n) is 15.1. The van der Waals surface area contributed by atoms with Crippen molar-refractivity contribution < 1.29 is 23.9 Å². The molecule has 4 heterocycles. The lowest BCUT2D eigenvalue weighted by atomic mass is 9.94. The minimum absolute atomic E-state index is 0.00573. The third-order valence-corrected chi connectivity index (χ3v) is 11.3. The second kappa shape index (κ2) is 17.5. The molecule has 4 aliphatic heterocycles. The molecule has 0 spiro atoms. The average Bonchev–Trinajstić information content (AvgIpc) is 3.96. The molecule has 0 aliphatic carbocycles. The van der Waals surface area contributed by atoms with Crippen LogP contribution in [0.5, 0.6) is 11.5 Å². The van der Waals surface area contributed by atoms with E-state index in [2.05, 4.69) is 71.5 Å². The highest BCUT2D eigenvalue weighted by Crippen LogP contribution is 2.39. The van der Waals surface area contributed by atoms with Crippen molar-refractivity contribution in [2.24, 2.45) is 21.8 Å². The Hall–Kier alpha value is -4.61. The van der Waals surface area contributed by atoms with Crippen LogP contribution in [0.1, 0.15) is 113 Å². The van der Waals surface area contributed by atoms with Crippen molar-refractivity contribution >= 4 is 29.6 Å². The van der Waals surface area contributed by atoms with E-state index in [1.807, 2.05) is 18.7 Å². The van der Waals surface area contributed by atoms with Crippen molar-refractivity contribution in [2.75, 3.05) is 33.3 Å². The fourth-order valence-electron chi connectivity index (χ4n) is 7.63. The van der Waals surface area contributed by atoms with Crippen LogP contribution >= 0.6 is 0 Å². The van der Waals surface area contributed by atoms with Crippen molar-refractivity contribution in [3.8, 4) is 11.5 Å². The van der Waals surface area contributed by atoms with E-state index < -0.39 is 12.1 Å². The summed E-state index contributed by atoms with van der Waals surface area (Å²) in [6.07, 6.45) is 7.07. The lowest BCUT2D eigenvalue weighted by Crippen LogP contribution is -2.55. The molecule has 1 saturated heterocycles. The Morgan fingerprint density at radius 3 is 2.53 bits per heavy atom. The SMILES string of the molecule is CC[C@H](C)CC(=O)NCCCCC1=NCC(c2ccc3c(c2)Oc2ccc(C4CN=C([C@@H]5CCCN5C(=O)[C@@H](NC(=O)OC)[C@@H](C)CC)N4)cc2C3)N1. The predicted molar refractivity (Wildman–Crippen MR) is 207 cm³/mol. The summed E-state index contributed by atoms with van der Waals surface area (Å²) in [5.74, 6) is 4.08. The zero-order valence-corrected chi connectivity index (χ0v) is 32.0. The van der Waals surface area contributed by atoms with E-state index in [1.165, 1.54) is 7.11 Å². The Morgan fingerprint density at radius 1 is 0.962 bits per heavy atom. The Morgan fingerprint density at radius 2 is 1.74 bits per heavy atom. The maximum absolute atomic E-state index is 13.7. The number of hydrogen-bond acceptors (Lipinski definition) is 9. The summed E-state index contributed by atoms with van der Waals surface area (Å²) in [5.41, 5.74) is 4.60. The van der Waals surface area contributed by atoms with Gasteiger partial charge in [-0.15, -0.1) is 0 Å². The Balaban J connectivity index is 1.000. The lowest BCUT2D eigenvalue weighted by molar-refractivity contribution is -0.134. The molecule has 0 bridgehead atoms. The van der Waals surface area contributed by atoms with Crippen molar-refractivity contribution in [3.63, 3.8) is 0 Å². The van der Waals surface area contributed by atoms with Crippen molar-refractivity contribution in [1.82, 2.24) is 26.2 Å². The van der Waals surface area contributed by atoms with Gasteiger partial charge in [0.2, 0.25) is 11.8 Å². The maximum Gasteiger partial charge on any atom is 0.407 e. The maximum atomic E-state index is 13.7. The number of methoxy groups -OCH3 is 1. The summed E-state index contributed by atoms with van der Waals surface area (Å²) >= 11 is 0. The number of amidine groups is 2. The van der Waals surface area contributed by atoms with Gasteiger partial charge in [-0.3, -0.25) is 19.6 Å². The molecule has 1 fully saturated rings. The molecule has 0 aromatic heterocycles. The van der Waals surface area contributed by atoms with Crippen LogP contribution in [-0.4, -0.2) is 79.9 Å². The number of likely N-dealkylation sites (tertiary alicyclic amines) is 1. The molecule has 0 saturated carbocycles. The number of nitrogens with zero attached hydrogens (tertiary/aromatic N) is 3. The van der Waals surface area contributed by atoms with Gasteiger partial charge in [-0.25, -0.2) is 4.79 Å². The van der Waals surface area contributed by atoms with Gasteiger partial charge in [0.15, 0.2) is 0 Å². The molecule has 12 heteroatoms. The zero-order valence-electron chi connectivity index (χ0n) is 32.0. The number of hydrogen-bond donors (Lipinski definition) is 4. The van der Waals surface area contributed by atoms with E-state index in [-0.39, 0.29) is 35.9 Å². The Labute approximate surface area is 314 Å². The van der Waals surface area contributed by atoms with Crippen molar-refractivity contribution in [2.45, 2.75) is 110 Å². The minimum atomic E-state index is -0.646. The first-order valence-electron chi connectivity index (χ1n) is 19.6. The standard InChI is InChI=1S/C41H57N7O5/c1-6-25(3)19-37(49)42-17-9-8-12-36-43-23-31(45-36)28-13-14-29-21-30-20-27(15-16-34(30)53-35(29)22-28)32-24-44-39(46-32)33-11-10-18-48(33)40(50)38(26(4)7-2)47-41(51)52-5/h13-16,20,22,25-26,31-33,38H,6-12,17-19,21,23-24H2,1-5H3,(H,42,49)(H,43,45)(H,44,46)(H,47,51)/t25-,26-,31?,32?,33-,38-/m0/s1. The Bertz CT molecular complexity index is 1710. The highest BCUT2D eigenvalue weighted by molar-refractivity contribution is 5.95. The first-order chi connectivity index (χ1) is 25.7. The smallest absolute Gasteiger partial charge is 0.407 e. The number of nitrogens with one attached hydrogen (secondary N) is 4. The fraction of sp³-hybridized carbons (Fsp3) is 0.585. The third-order valence-electron chi connectivity index (χ3n) is 11.3. The Kier molecular flexibility index (Phi) is 12.6. The number of carbonyl (C=O) groups excluding carboxylic acids is 3. The highest BCUT2D eigenvalue weighted by atomic mass is 16.5. The molecule has 2 aromatic rings.